The van der Waals surface area contributed by atoms with Gasteiger partial charge in [0.05, 0.1) is 17.7 Å². The van der Waals surface area contributed by atoms with E-state index in [1.165, 1.54) is 11.9 Å². The molecule has 20 heavy (non-hydrogen) atoms. The fourth-order valence-electron chi connectivity index (χ4n) is 3.11. The Kier molecular flexibility index (Phi) is 3.63. The molecule has 1 aliphatic carbocycles. The molecule has 1 unspecified atom stereocenters. The molecule has 0 amide bonds. The monoisotopic (exact) mass is 269 g/mol. The first-order chi connectivity index (χ1) is 9.81. The lowest BCUT2D eigenvalue weighted by atomic mass is 9.82. The number of hydrogen-bond acceptors (Lipinski definition) is 3. The molecule has 2 aromatic rings. The SMILES string of the molecule is CCCc1c(C2CCCc3cccnc32)nc[nH]c1=O. The molecule has 3 rings (SSSR count). The number of pyridine rings is 1. The Hall–Kier alpha value is -1.97. The van der Waals surface area contributed by atoms with Crippen LogP contribution < -0.4 is 5.56 Å². The van der Waals surface area contributed by atoms with Gasteiger partial charge < -0.3 is 4.98 Å². The number of rotatable bonds is 3. The van der Waals surface area contributed by atoms with E-state index in [9.17, 15) is 4.79 Å². The number of nitrogens with one attached hydrogen (secondary N) is 1. The number of nitrogens with zero attached hydrogens (tertiary/aromatic N) is 2. The lowest BCUT2D eigenvalue weighted by Crippen LogP contribution is -2.22. The molecular weight excluding hydrogens is 250 g/mol. The maximum atomic E-state index is 12.1. The highest BCUT2D eigenvalue weighted by atomic mass is 16.1. The van der Waals surface area contributed by atoms with E-state index >= 15 is 0 Å². The van der Waals surface area contributed by atoms with E-state index in [1.807, 2.05) is 12.3 Å². The average Bonchev–Trinajstić information content (AvgIpc) is 2.49. The summed E-state index contributed by atoms with van der Waals surface area (Å²) in [6, 6.07) is 4.13. The summed E-state index contributed by atoms with van der Waals surface area (Å²) < 4.78 is 0. The summed E-state index contributed by atoms with van der Waals surface area (Å²) >= 11 is 0. The highest BCUT2D eigenvalue weighted by Gasteiger charge is 2.26. The Morgan fingerprint density at radius 2 is 2.25 bits per heavy atom. The van der Waals surface area contributed by atoms with Crippen LogP contribution in [0.2, 0.25) is 0 Å². The molecule has 2 heterocycles. The Labute approximate surface area is 118 Å². The van der Waals surface area contributed by atoms with Crippen LogP contribution in [0.5, 0.6) is 0 Å². The van der Waals surface area contributed by atoms with Crippen molar-refractivity contribution in [1.29, 1.82) is 0 Å². The third kappa shape index (κ3) is 2.26. The Balaban J connectivity index is 2.11. The molecule has 0 fully saturated rings. The van der Waals surface area contributed by atoms with E-state index in [4.69, 9.17) is 0 Å². The number of fused-ring (bicyclic) bond motifs is 1. The first-order valence-corrected chi connectivity index (χ1v) is 7.31. The molecule has 1 atom stereocenters. The van der Waals surface area contributed by atoms with Crippen LogP contribution in [0.3, 0.4) is 0 Å². The van der Waals surface area contributed by atoms with E-state index in [2.05, 4.69) is 27.9 Å². The standard InChI is InChI=1S/C16H19N3O/c1-2-5-13-15(18-10-19-16(13)20)12-8-3-6-11-7-4-9-17-14(11)12/h4,7,9-10,12H,2-3,5-6,8H2,1H3,(H,18,19,20). The van der Waals surface area contributed by atoms with Gasteiger partial charge >= 0.3 is 0 Å². The largest absolute Gasteiger partial charge is 0.313 e. The molecule has 0 spiro atoms. The van der Waals surface area contributed by atoms with Gasteiger partial charge in [0.2, 0.25) is 0 Å². The van der Waals surface area contributed by atoms with Gasteiger partial charge in [0.25, 0.3) is 5.56 Å². The molecule has 0 aromatic carbocycles. The number of aryl methyl sites for hydroxylation is 1. The zero-order valence-corrected chi connectivity index (χ0v) is 11.7. The summed E-state index contributed by atoms with van der Waals surface area (Å²) in [6.07, 6.45) is 8.31. The molecule has 4 nitrogen and oxygen atoms in total. The minimum absolute atomic E-state index is 0.0000883. The summed E-state index contributed by atoms with van der Waals surface area (Å²) in [5, 5.41) is 0. The highest BCUT2D eigenvalue weighted by Crippen LogP contribution is 2.35. The van der Waals surface area contributed by atoms with Gasteiger partial charge in [-0.3, -0.25) is 9.78 Å². The van der Waals surface area contributed by atoms with Crippen LogP contribution in [0.1, 0.15) is 54.6 Å². The van der Waals surface area contributed by atoms with Crippen molar-refractivity contribution in [2.75, 3.05) is 0 Å². The summed E-state index contributed by atoms with van der Waals surface area (Å²) in [6.45, 7) is 2.09. The molecule has 104 valence electrons. The van der Waals surface area contributed by atoms with E-state index in [0.717, 1.165) is 49.1 Å². The van der Waals surface area contributed by atoms with Crippen molar-refractivity contribution < 1.29 is 0 Å². The van der Waals surface area contributed by atoms with E-state index in [0.29, 0.717) is 0 Å². The predicted molar refractivity (Wildman–Crippen MR) is 77.9 cm³/mol. The second-order valence-corrected chi connectivity index (χ2v) is 5.34. The van der Waals surface area contributed by atoms with Crippen LogP contribution in [0.15, 0.2) is 29.5 Å². The topological polar surface area (TPSA) is 58.6 Å². The average molecular weight is 269 g/mol. The second kappa shape index (κ2) is 5.57. The van der Waals surface area contributed by atoms with Crippen molar-refractivity contribution in [3.05, 3.63) is 57.5 Å². The normalized spacial score (nSPS) is 17.8. The molecule has 4 heteroatoms. The van der Waals surface area contributed by atoms with Crippen molar-refractivity contribution in [3.8, 4) is 0 Å². The Morgan fingerprint density at radius 3 is 3.10 bits per heavy atom. The van der Waals surface area contributed by atoms with Crippen molar-refractivity contribution in [3.63, 3.8) is 0 Å². The zero-order chi connectivity index (χ0) is 13.9. The van der Waals surface area contributed by atoms with Gasteiger partial charge in [-0.25, -0.2) is 4.98 Å². The van der Waals surface area contributed by atoms with Gasteiger partial charge in [0, 0.05) is 17.7 Å². The van der Waals surface area contributed by atoms with Crippen LogP contribution in [-0.2, 0) is 12.8 Å². The summed E-state index contributed by atoms with van der Waals surface area (Å²) in [5.41, 5.74) is 4.16. The molecule has 1 aliphatic rings. The molecule has 2 aromatic heterocycles. The summed E-state index contributed by atoms with van der Waals surface area (Å²) in [7, 11) is 0. The number of hydrogen-bond donors (Lipinski definition) is 1. The second-order valence-electron chi connectivity index (χ2n) is 5.34. The zero-order valence-electron chi connectivity index (χ0n) is 11.7. The smallest absolute Gasteiger partial charge is 0.254 e. The molecule has 0 saturated carbocycles. The summed E-state index contributed by atoms with van der Waals surface area (Å²) in [4.78, 5) is 23.8. The third-order valence-corrected chi connectivity index (χ3v) is 4.01. The summed E-state index contributed by atoms with van der Waals surface area (Å²) in [5.74, 6) is 0.170. The van der Waals surface area contributed by atoms with E-state index in [1.54, 1.807) is 0 Å². The van der Waals surface area contributed by atoms with Gasteiger partial charge in [-0.1, -0.05) is 19.4 Å². The Bertz CT molecular complexity index is 663. The highest BCUT2D eigenvalue weighted by molar-refractivity contribution is 5.35. The van der Waals surface area contributed by atoms with Gasteiger partial charge in [0.1, 0.15) is 0 Å². The first kappa shape index (κ1) is 13.0. The minimum Gasteiger partial charge on any atom is -0.313 e. The van der Waals surface area contributed by atoms with Gasteiger partial charge in [-0.15, -0.1) is 0 Å². The number of H-pyrrole nitrogens is 1. The van der Waals surface area contributed by atoms with Crippen molar-refractivity contribution in [1.82, 2.24) is 15.0 Å². The van der Waals surface area contributed by atoms with E-state index in [-0.39, 0.29) is 11.5 Å². The van der Waals surface area contributed by atoms with Crippen LogP contribution in [0, 0.1) is 0 Å². The fraction of sp³-hybridized carbons (Fsp3) is 0.438. The van der Waals surface area contributed by atoms with Crippen LogP contribution in [0.25, 0.3) is 0 Å². The maximum Gasteiger partial charge on any atom is 0.254 e. The van der Waals surface area contributed by atoms with Crippen LogP contribution in [-0.4, -0.2) is 15.0 Å². The fourth-order valence-corrected chi connectivity index (χ4v) is 3.11. The number of aromatic nitrogens is 3. The predicted octanol–water partition coefficient (Wildman–Crippen LogP) is 2.59. The van der Waals surface area contributed by atoms with Crippen molar-refractivity contribution >= 4 is 0 Å². The molecule has 0 saturated heterocycles. The maximum absolute atomic E-state index is 12.1. The minimum atomic E-state index is -0.0000883. The van der Waals surface area contributed by atoms with Crippen molar-refractivity contribution in [2.45, 2.75) is 44.9 Å². The lowest BCUT2D eigenvalue weighted by molar-refractivity contribution is 0.579. The third-order valence-electron chi connectivity index (χ3n) is 4.01. The quantitative estimate of drug-likeness (QED) is 0.931. The molecule has 1 N–H and O–H groups in total. The molecule has 0 bridgehead atoms. The molecular formula is C16H19N3O. The van der Waals surface area contributed by atoms with Crippen molar-refractivity contribution in [2.24, 2.45) is 0 Å². The van der Waals surface area contributed by atoms with Gasteiger partial charge in [-0.2, -0.15) is 0 Å². The lowest BCUT2D eigenvalue weighted by Gasteiger charge is -2.25. The first-order valence-electron chi connectivity index (χ1n) is 7.31. The van der Waals surface area contributed by atoms with Crippen LogP contribution >= 0.6 is 0 Å². The van der Waals surface area contributed by atoms with Gasteiger partial charge in [0.15, 0.2) is 0 Å². The number of aromatic amines is 1. The van der Waals surface area contributed by atoms with Crippen LogP contribution in [0.4, 0.5) is 0 Å². The molecule has 0 aliphatic heterocycles. The Morgan fingerprint density at radius 1 is 1.35 bits per heavy atom. The van der Waals surface area contributed by atoms with E-state index < -0.39 is 0 Å². The molecule has 0 radical (unpaired) electrons. The van der Waals surface area contributed by atoms with Gasteiger partial charge in [-0.05, 0) is 37.3 Å².